The van der Waals surface area contributed by atoms with Gasteiger partial charge >= 0.3 is 5.97 Å². The zero-order valence-electron chi connectivity index (χ0n) is 49.7. The third-order valence-corrected chi connectivity index (χ3v) is 15.2. The monoisotopic (exact) mass is 1090 g/mol. The predicted octanol–water partition coefficient (Wildman–Crippen LogP) is 15.6. The summed E-state index contributed by atoms with van der Waals surface area (Å²) in [5.41, 5.74) is 0. The standard InChI is InChI=1S/C66H121NO10/c1-3-5-7-9-11-13-14-15-16-28-31-34-38-42-46-50-54-62(71)75-55-51-47-43-39-35-32-29-26-24-22-20-18-17-19-21-23-25-27-30-33-37-41-45-49-53-61(70)67-58(59(69)52-48-44-40-36-12-10-8-6-4-2)57-76-66-65(74)64(73)63(72)60(56-68)77-66/h4,6,12,19,21,36,48,52,58-60,63-66,68-69,72-74H,3,5,7-11,13-18,20,22-35,37-47,49-51,53-57H2,1-2H3,(H,67,70)/b6-4+,21-19-,36-12+,52-48+. The van der Waals surface area contributed by atoms with Gasteiger partial charge in [-0.2, -0.15) is 0 Å². The van der Waals surface area contributed by atoms with Gasteiger partial charge < -0.3 is 45.1 Å². The largest absolute Gasteiger partial charge is 0.466 e. The Labute approximate surface area is 472 Å². The summed E-state index contributed by atoms with van der Waals surface area (Å²) in [6, 6.07) is -0.837. The Hall–Kier alpha value is -2.38. The summed E-state index contributed by atoms with van der Waals surface area (Å²) in [4.78, 5) is 25.1. The number of carbonyl (C=O) groups excluding carboxylic acids is 2. The zero-order valence-corrected chi connectivity index (χ0v) is 49.7. The van der Waals surface area contributed by atoms with Crippen LogP contribution in [0.5, 0.6) is 0 Å². The minimum absolute atomic E-state index is 0.00386. The minimum atomic E-state index is -1.58. The average Bonchev–Trinajstić information content (AvgIpc) is 3.43. The molecule has 1 saturated heterocycles. The molecule has 77 heavy (non-hydrogen) atoms. The van der Waals surface area contributed by atoms with Gasteiger partial charge in [0.05, 0.1) is 32.0 Å². The molecule has 0 radical (unpaired) electrons. The van der Waals surface area contributed by atoms with E-state index in [9.17, 15) is 35.1 Å². The van der Waals surface area contributed by atoms with E-state index < -0.39 is 49.5 Å². The van der Waals surface area contributed by atoms with Crippen LogP contribution in [0.15, 0.2) is 48.6 Å². The highest BCUT2D eigenvalue weighted by molar-refractivity contribution is 5.76. The number of ether oxygens (including phenoxy) is 3. The molecule has 1 fully saturated rings. The van der Waals surface area contributed by atoms with Crippen LogP contribution in [0, 0.1) is 0 Å². The summed E-state index contributed by atoms with van der Waals surface area (Å²) < 4.78 is 16.7. The molecule has 1 rings (SSSR count). The van der Waals surface area contributed by atoms with Crippen molar-refractivity contribution in [3.8, 4) is 0 Å². The van der Waals surface area contributed by atoms with Crippen LogP contribution in [0.1, 0.15) is 296 Å². The molecule has 1 amide bonds. The third kappa shape index (κ3) is 45.0. The van der Waals surface area contributed by atoms with Crippen LogP contribution in [0.4, 0.5) is 0 Å². The summed E-state index contributed by atoms with van der Waals surface area (Å²) in [5, 5.41) is 54.2. The van der Waals surface area contributed by atoms with Crippen LogP contribution < -0.4 is 5.32 Å². The second kappa shape index (κ2) is 55.5. The molecular weight excluding hydrogens is 967 g/mol. The van der Waals surface area contributed by atoms with Crippen LogP contribution in [0.25, 0.3) is 0 Å². The second-order valence-electron chi connectivity index (χ2n) is 22.5. The molecule has 7 atom stereocenters. The fourth-order valence-corrected chi connectivity index (χ4v) is 10.1. The molecule has 6 N–H and O–H groups in total. The number of carbonyl (C=O) groups is 2. The summed E-state index contributed by atoms with van der Waals surface area (Å²) in [7, 11) is 0. The Kier molecular flexibility index (Phi) is 52.4. The third-order valence-electron chi connectivity index (χ3n) is 15.2. The molecule has 0 bridgehead atoms. The first kappa shape index (κ1) is 72.6. The highest BCUT2D eigenvalue weighted by Gasteiger charge is 2.44. The maximum absolute atomic E-state index is 13.0. The topological polar surface area (TPSA) is 175 Å². The summed E-state index contributed by atoms with van der Waals surface area (Å²) >= 11 is 0. The number of rotatable bonds is 56. The summed E-state index contributed by atoms with van der Waals surface area (Å²) in [6.07, 6.45) is 61.2. The SMILES string of the molecule is C/C=C/CC/C=C/CC/C=C/C(O)C(COC1OC(CO)C(O)C(O)C1O)NC(=O)CCCCCCCCCC/C=C\CCCCCCCCCCCCCCOC(=O)CCCCCCCCCCCCCCCCCC. The van der Waals surface area contributed by atoms with Crippen LogP contribution in [-0.4, -0.2) is 100 Å². The van der Waals surface area contributed by atoms with Crippen molar-refractivity contribution in [3.05, 3.63) is 48.6 Å². The van der Waals surface area contributed by atoms with Gasteiger partial charge in [-0.15, -0.1) is 0 Å². The van der Waals surface area contributed by atoms with E-state index in [1.807, 2.05) is 19.1 Å². The zero-order chi connectivity index (χ0) is 55.9. The van der Waals surface area contributed by atoms with E-state index in [0.29, 0.717) is 19.4 Å². The maximum atomic E-state index is 13.0. The number of esters is 1. The van der Waals surface area contributed by atoms with E-state index in [4.69, 9.17) is 14.2 Å². The Balaban J connectivity index is 1.96. The van der Waals surface area contributed by atoms with Gasteiger partial charge in [0.15, 0.2) is 6.29 Å². The Morgan fingerprint density at radius 3 is 1.36 bits per heavy atom. The first-order valence-electron chi connectivity index (χ1n) is 32.4. The molecule has 11 nitrogen and oxygen atoms in total. The summed E-state index contributed by atoms with van der Waals surface area (Å²) in [5.74, 6) is -0.200. The van der Waals surface area contributed by atoms with E-state index in [2.05, 4.69) is 42.6 Å². The highest BCUT2D eigenvalue weighted by Crippen LogP contribution is 2.23. The van der Waals surface area contributed by atoms with E-state index in [1.165, 1.54) is 193 Å². The van der Waals surface area contributed by atoms with Crippen molar-refractivity contribution in [2.24, 2.45) is 0 Å². The number of unbranched alkanes of at least 4 members (excludes halogenated alkanes) is 37. The predicted molar refractivity (Wildman–Crippen MR) is 320 cm³/mol. The molecule has 11 heteroatoms. The molecule has 0 spiro atoms. The lowest BCUT2D eigenvalue weighted by Crippen LogP contribution is -2.60. The van der Waals surface area contributed by atoms with Crippen LogP contribution in [0.3, 0.4) is 0 Å². The number of hydrogen-bond donors (Lipinski definition) is 6. The van der Waals surface area contributed by atoms with Gasteiger partial charge in [-0.1, -0.05) is 255 Å². The number of nitrogens with one attached hydrogen (secondary N) is 1. The Bertz CT molecular complexity index is 1420. The number of allylic oxidation sites excluding steroid dienone is 7. The second-order valence-corrected chi connectivity index (χ2v) is 22.5. The van der Waals surface area contributed by atoms with Crippen molar-refractivity contribution in [3.63, 3.8) is 0 Å². The molecule has 7 unspecified atom stereocenters. The maximum Gasteiger partial charge on any atom is 0.305 e. The van der Waals surface area contributed by atoms with Crippen molar-refractivity contribution in [2.75, 3.05) is 19.8 Å². The van der Waals surface area contributed by atoms with Gasteiger partial charge in [0, 0.05) is 12.8 Å². The van der Waals surface area contributed by atoms with Crippen LogP contribution in [-0.2, 0) is 23.8 Å². The van der Waals surface area contributed by atoms with Gasteiger partial charge in [0.25, 0.3) is 0 Å². The van der Waals surface area contributed by atoms with Gasteiger partial charge in [-0.25, -0.2) is 0 Å². The van der Waals surface area contributed by atoms with Crippen molar-refractivity contribution in [1.29, 1.82) is 0 Å². The fraction of sp³-hybridized carbons (Fsp3) is 0.848. The average molecular weight is 1090 g/mol. The first-order valence-corrected chi connectivity index (χ1v) is 32.4. The molecule has 1 aliphatic rings. The molecule has 0 aliphatic carbocycles. The van der Waals surface area contributed by atoms with E-state index >= 15 is 0 Å². The normalized spacial score (nSPS) is 18.9. The molecule has 0 aromatic rings. The van der Waals surface area contributed by atoms with Crippen molar-refractivity contribution < 1.29 is 49.3 Å². The fourth-order valence-electron chi connectivity index (χ4n) is 10.1. The van der Waals surface area contributed by atoms with Gasteiger partial charge in [-0.3, -0.25) is 9.59 Å². The minimum Gasteiger partial charge on any atom is -0.466 e. The van der Waals surface area contributed by atoms with Crippen molar-refractivity contribution in [1.82, 2.24) is 5.32 Å². The van der Waals surface area contributed by atoms with Gasteiger partial charge in [-0.05, 0) is 77.6 Å². The quantitative estimate of drug-likeness (QED) is 0.0195. The number of aliphatic hydroxyl groups excluding tert-OH is 5. The molecule has 0 saturated carbocycles. The van der Waals surface area contributed by atoms with E-state index in [0.717, 1.165) is 77.0 Å². The van der Waals surface area contributed by atoms with Crippen LogP contribution >= 0.6 is 0 Å². The number of aliphatic hydroxyl groups is 5. The molecule has 450 valence electrons. The van der Waals surface area contributed by atoms with Gasteiger partial charge in [0.2, 0.25) is 5.91 Å². The summed E-state index contributed by atoms with van der Waals surface area (Å²) in [6.45, 7) is 4.10. The number of amides is 1. The lowest BCUT2D eigenvalue weighted by Gasteiger charge is -2.40. The molecular formula is C66H121NO10. The lowest BCUT2D eigenvalue weighted by atomic mass is 9.99. The molecule has 1 aliphatic heterocycles. The Morgan fingerprint density at radius 1 is 0.494 bits per heavy atom. The smallest absolute Gasteiger partial charge is 0.305 e. The van der Waals surface area contributed by atoms with Crippen molar-refractivity contribution >= 4 is 11.9 Å². The lowest BCUT2D eigenvalue weighted by molar-refractivity contribution is -0.302. The van der Waals surface area contributed by atoms with E-state index in [-0.39, 0.29) is 18.5 Å². The molecule has 0 aromatic carbocycles. The van der Waals surface area contributed by atoms with Crippen LogP contribution in [0.2, 0.25) is 0 Å². The highest BCUT2D eigenvalue weighted by atomic mass is 16.7. The molecule has 0 aromatic heterocycles. The van der Waals surface area contributed by atoms with Crippen molar-refractivity contribution in [2.45, 2.75) is 339 Å². The molecule has 1 heterocycles. The van der Waals surface area contributed by atoms with E-state index in [1.54, 1.807) is 6.08 Å². The van der Waals surface area contributed by atoms with Gasteiger partial charge in [0.1, 0.15) is 24.4 Å². The Morgan fingerprint density at radius 2 is 0.896 bits per heavy atom. The first-order chi connectivity index (χ1) is 37.7. The number of hydrogen-bond acceptors (Lipinski definition) is 10.